The fourth-order valence-electron chi connectivity index (χ4n) is 0.531. The van der Waals surface area contributed by atoms with Crippen molar-refractivity contribution in [3.63, 3.8) is 0 Å². The zero-order chi connectivity index (χ0) is 15.4. The molecule has 2 nitrogen and oxygen atoms in total. The van der Waals surface area contributed by atoms with Crippen molar-refractivity contribution in [3.8, 4) is 107 Å². The van der Waals surface area contributed by atoms with Crippen LogP contribution in [0.3, 0.4) is 0 Å². The van der Waals surface area contributed by atoms with Crippen LogP contribution in [0.1, 0.15) is 0 Å². The van der Waals surface area contributed by atoms with Crippen LogP contribution in [-0.2, 0) is 4.79 Å². The van der Waals surface area contributed by atoms with Gasteiger partial charge in [-0.3, -0.25) is 4.79 Å². The number of carbonyl (C=O) groups is 1. The van der Waals surface area contributed by atoms with Crippen molar-refractivity contribution in [3.05, 3.63) is 0 Å². The van der Waals surface area contributed by atoms with E-state index in [1.54, 1.807) is 6.11 Å². The Morgan fingerprint density at radius 2 is 0.762 bits per heavy atom. The molecule has 0 aliphatic heterocycles. The number of aliphatic hydroxyl groups is 1. The first-order valence-corrected chi connectivity index (χ1v) is 5.00. The SMILES string of the molecule is O=CC#CC#CC#CC#CC#CC#CC#CC#CC#CO. The zero-order valence-corrected chi connectivity index (χ0v) is 10.4. The smallest absolute Gasteiger partial charge is 0.193 e. The fourth-order valence-corrected chi connectivity index (χ4v) is 0.531. The van der Waals surface area contributed by atoms with E-state index in [0.29, 0.717) is 6.29 Å². The van der Waals surface area contributed by atoms with Gasteiger partial charge in [-0.1, -0.05) is 0 Å². The first-order chi connectivity index (χ1) is 10.4. The summed E-state index contributed by atoms with van der Waals surface area (Å²) in [5.74, 6) is 40.0. The van der Waals surface area contributed by atoms with E-state index in [4.69, 9.17) is 5.11 Å². The first kappa shape index (κ1) is 16.5. The molecule has 0 unspecified atom stereocenters. The molecule has 0 radical (unpaired) electrons. The zero-order valence-electron chi connectivity index (χ0n) is 10.4. The second kappa shape index (κ2) is 15.5. The summed E-state index contributed by atoms with van der Waals surface area (Å²) in [5.41, 5.74) is 0. The summed E-state index contributed by atoms with van der Waals surface area (Å²) in [6, 6.07) is 0. The van der Waals surface area contributed by atoms with Gasteiger partial charge in [-0.25, -0.2) is 0 Å². The molecule has 21 heavy (non-hydrogen) atoms. The highest BCUT2D eigenvalue weighted by Gasteiger charge is 1.58. The van der Waals surface area contributed by atoms with Crippen molar-refractivity contribution in [2.75, 3.05) is 0 Å². The van der Waals surface area contributed by atoms with Crippen molar-refractivity contribution < 1.29 is 9.90 Å². The van der Waals surface area contributed by atoms with Gasteiger partial charge in [0, 0.05) is 47.4 Å². The van der Waals surface area contributed by atoms with Crippen molar-refractivity contribution in [1.29, 1.82) is 0 Å². The second-order valence-electron chi connectivity index (χ2n) is 2.37. The van der Waals surface area contributed by atoms with Gasteiger partial charge in [0.15, 0.2) is 6.29 Å². The second-order valence-corrected chi connectivity index (χ2v) is 2.37. The molecular weight excluding hydrogens is 260 g/mol. The Morgan fingerprint density at radius 3 is 1.05 bits per heavy atom. The Morgan fingerprint density at radius 1 is 0.476 bits per heavy atom. The van der Waals surface area contributed by atoms with Gasteiger partial charge >= 0.3 is 0 Å². The summed E-state index contributed by atoms with van der Waals surface area (Å²) in [6.07, 6.45) is 2.06. The third kappa shape index (κ3) is 15.5. The highest BCUT2D eigenvalue weighted by Crippen LogP contribution is 1.58. The van der Waals surface area contributed by atoms with Crippen molar-refractivity contribution >= 4 is 6.29 Å². The van der Waals surface area contributed by atoms with E-state index in [9.17, 15) is 4.79 Å². The van der Waals surface area contributed by atoms with E-state index in [1.165, 1.54) is 0 Å². The molecule has 90 valence electrons. The van der Waals surface area contributed by atoms with E-state index in [1.807, 2.05) is 0 Å². The molecule has 0 spiro atoms. The van der Waals surface area contributed by atoms with Crippen LogP contribution in [0.25, 0.3) is 0 Å². The molecule has 0 atom stereocenters. The summed E-state index contributed by atoms with van der Waals surface area (Å²) in [4.78, 5) is 9.81. The monoisotopic (exact) mass is 262 g/mol. The molecule has 0 saturated carbocycles. The molecule has 1 N–H and O–H groups in total. The van der Waals surface area contributed by atoms with Crippen molar-refractivity contribution in [2.24, 2.45) is 0 Å². The average Bonchev–Trinajstić information content (AvgIpc) is 2.50. The fraction of sp³-hybridized carbons (Fsp3) is 0. The molecule has 2 heteroatoms. The first-order valence-electron chi connectivity index (χ1n) is 5.00. The molecule has 0 bridgehead atoms. The number of hydrogen-bond acceptors (Lipinski definition) is 2. The number of aldehydes is 1. The molecule has 0 aromatic carbocycles. The van der Waals surface area contributed by atoms with Crippen LogP contribution >= 0.6 is 0 Å². The Bertz CT molecular complexity index is 953. The van der Waals surface area contributed by atoms with Gasteiger partial charge in [0.2, 0.25) is 0 Å². The van der Waals surface area contributed by atoms with E-state index in [0.717, 1.165) is 0 Å². The van der Waals surface area contributed by atoms with Crippen LogP contribution in [0.4, 0.5) is 0 Å². The van der Waals surface area contributed by atoms with Gasteiger partial charge in [0.1, 0.15) is 6.11 Å². The minimum atomic E-state index is 0.443. The largest absolute Gasteiger partial charge is 0.461 e. The minimum Gasteiger partial charge on any atom is -0.461 e. The Balaban J connectivity index is 4.34. The summed E-state index contributed by atoms with van der Waals surface area (Å²) in [6.45, 7) is 0. The maximum Gasteiger partial charge on any atom is 0.193 e. The van der Waals surface area contributed by atoms with Crippen molar-refractivity contribution in [1.82, 2.24) is 0 Å². The van der Waals surface area contributed by atoms with E-state index in [2.05, 4.69) is 101 Å². The third-order valence-electron chi connectivity index (χ3n) is 1.12. The lowest BCUT2D eigenvalue weighted by atomic mass is 10.5. The third-order valence-corrected chi connectivity index (χ3v) is 1.12. The highest BCUT2D eigenvalue weighted by atomic mass is 16.2. The van der Waals surface area contributed by atoms with Gasteiger partial charge < -0.3 is 5.11 Å². The van der Waals surface area contributed by atoms with Gasteiger partial charge in [0.25, 0.3) is 0 Å². The van der Waals surface area contributed by atoms with Gasteiger partial charge in [-0.2, -0.15) is 0 Å². The van der Waals surface area contributed by atoms with E-state index >= 15 is 0 Å². The summed E-state index contributed by atoms with van der Waals surface area (Å²) in [5, 5.41) is 8.09. The van der Waals surface area contributed by atoms with Gasteiger partial charge in [-0.15, -0.1) is 0 Å². The van der Waals surface area contributed by atoms with Crippen molar-refractivity contribution in [2.45, 2.75) is 0 Å². The summed E-state index contributed by atoms with van der Waals surface area (Å²) < 4.78 is 0. The topological polar surface area (TPSA) is 37.3 Å². The van der Waals surface area contributed by atoms with Gasteiger partial charge in [-0.05, 0) is 53.3 Å². The van der Waals surface area contributed by atoms with Crippen LogP contribution < -0.4 is 0 Å². The number of hydrogen-bond donors (Lipinski definition) is 1. The average molecular weight is 262 g/mol. The summed E-state index contributed by atoms with van der Waals surface area (Å²) in [7, 11) is 0. The van der Waals surface area contributed by atoms with Crippen LogP contribution in [0.2, 0.25) is 0 Å². The summed E-state index contributed by atoms with van der Waals surface area (Å²) >= 11 is 0. The normalized spacial score (nSPS) is 4.00. The lowest BCUT2D eigenvalue weighted by molar-refractivity contribution is -0.103. The van der Waals surface area contributed by atoms with E-state index < -0.39 is 0 Å². The van der Waals surface area contributed by atoms with E-state index in [-0.39, 0.29) is 0 Å². The predicted octanol–water partition coefficient (Wildman–Crippen LogP) is -0.454. The maximum absolute atomic E-state index is 9.81. The Labute approximate surface area is 123 Å². The molecule has 0 fully saturated rings. The number of carbonyl (C=O) groups excluding carboxylic acids is 1. The molecule has 0 aliphatic rings. The van der Waals surface area contributed by atoms with Crippen LogP contribution in [0, 0.1) is 107 Å². The quantitative estimate of drug-likeness (QED) is 0.474. The molecule has 0 amide bonds. The molecular formula is C19H2O2. The molecule has 0 aliphatic carbocycles. The molecule has 0 aromatic heterocycles. The van der Waals surface area contributed by atoms with Crippen LogP contribution in [0.15, 0.2) is 0 Å². The number of rotatable bonds is 0. The minimum absolute atomic E-state index is 0.443. The molecule has 0 saturated heterocycles. The highest BCUT2D eigenvalue weighted by molar-refractivity contribution is 5.73. The standard InChI is InChI=1S/C19H2O2/c20-18-16-14-12-10-8-6-4-2-1-3-5-7-9-11-13-15-17-19-21/h18,21H. The molecule has 0 aromatic rings. The number of aliphatic hydroxyl groups excluding tert-OH is 1. The van der Waals surface area contributed by atoms with Crippen LogP contribution in [-0.4, -0.2) is 11.4 Å². The maximum atomic E-state index is 9.81. The van der Waals surface area contributed by atoms with Gasteiger partial charge in [0.05, 0.1) is 0 Å². The lowest BCUT2D eigenvalue weighted by Gasteiger charge is -1.56. The predicted molar refractivity (Wildman–Crippen MR) is 78.0 cm³/mol. The molecule has 0 rings (SSSR count). The Kier molecular flexibility index (Phi) is 12.2. The molecule has 0 heterocycles. The lowest BCUT2D eigenvalue weighted by Crippen LogP contribution is -1.58. The van der Waals surface area contributed by atoms with Crippen LogP contribution in [0.5, 0.6) is 0 Å². The Hall–Kier alpha value is -4.49.